The largest absolute Gasteiger partial charge is 0.455 e. The Balaban J connectivity index is 1.54. The molecule has 5 rings (SSSR count). The second-order valence-electron chi connectivity index (χ2n) is 7.62. The molecule has 0 saturated carbocycles. The lowest BCUT2D eigenvalue weighted by atomic mass is 10.2. The van der Waals surface area contributed by atoms with Crippen LogP contribution in [0.1, 0.15) is 18.2 Å². The van der Waals surface area contributed by atoms with Gasteiger partial charge in [-0.2, -0.15) is 13.2 Å². The highest BCUT2D eigenvalue weighted by molar-refractivity contribution is 6.02. The minimum atomic E-state index is -4.47. The molecule has 1 fully saturated rings. The first-order chi connectivity index (χ1) is 15.3. The number of halogens is 3. The maximum Gasteiger partial charge on any atom is 0.405 e. The number of carbonyl (C=O) groups excluding carboxylic acids is 1. The molecular weight excluding hydrogens is 429 g/mol. The van der Waals surface area contributed by atoms with Gasteiger partial charge in [-0.15, -0.1) is 0 Å². The molecular formula is C20H19F3N6O3. The molecule has 2 amide bonds. The number of nitrogens with zero attached hydrogens (tertiary/aromatic N) is 4. The van der Waals surface area contributed by atoms with Gasteiger partial charge in [0.05, 0.1) is 17.8 Å². The lowest BCUT2D eigenvalue weighted by Crippen LogP contribution is -2.42. The molecule has 0 unspecified atom stereocenters. The lowest BCUT2D eigenvalue weighted by Gasteiger charge is -2.20. The number of carbonyl (C=O) groups is 1. The van der Waals surface area contributed by atoms with Crippen molar-refractivity contribution in [2.24, 2.45) is 0 Å². The number of H-pyrrole nitrogens is 1. The van der Waals surface area contributed by atoms with E-state index in [1.54, 1.807) is 24.5 Å². The van der Waals surface area contributed by atoms with Crippen molar-refractivity contribution in [2.45, 2.75) is 25.2 Å². The second kappa shape index (κ2) is 7.55. The first-order valence-corrected chi connectivity index (χ1v) is 9.97. The molecule has 1 atom stereocenters. The molecule has 5 heterocycles. The number of aromatic nitrogens is 4. The Kier molecular flexibility index (Phi) is 4.81. The number of likely N-dealkylation sites (tertiary alicyclic amines) is 1. The van der Waals surface area contributed by atoms with Crippen LogP contribution in [-0.4, -0.2) is 61.4 Å². The standard InChI is InChI=1S/C20H19F3N6O3/c21-20(22,23)10-26-19(31)28-6-4-11(8-28)29-16-13-3-5-24-17(13)25-7-14(16)27-18(29)15-2-1-12(9-30)32-15/h1-3,5,7,11,30H,4,6,8-10H2,(H,24,25)(H,26,31)/t11-/m1/s1. The van der Waals surface area contributed by atoms with Crippen LogP contribution in [0.3, 0.4) is 0 Å². The van der Waals surface area contributed by atoms with Crippen LogP contribution in [0, 0.1) is 0 Å². The number of alkyl halides is 3. The van der Waals surface area contributed by atoms with Crippen LogP contribution in [0.2, 0.25) is 0 Å². The van der Waals surface area contributed by atoms with Crippen molar-refractivity contribution in [1.82, 2.24) is 29.7 Å². The number of amides is 2. The molecule has 12 heteroatoms. The minimum absolute atomic E-state index is 0.212. The molecule has 0 bridgehead atoms. The number of furan rings is 1. The molecule has 3 N–H and O–H groups in total. The molecule has 32 heavy (non-hydrogen) atoms. The summed E-state index contributed by atoms with van der Waals surface area (Å²) in [6, 6.07) is 4.22. The van der Waals surface area contributed by atoms with E-state index in [0.29, 0.717) is 41.5 Å². The lowest BCUT2D eigenvalue weighted by molar-refractivity contribution is -0.123. The van der Waals surface area contributed by atoms with Gasteiger partial charge in [0.25, 0.3) is 0 Å². The van der Waals surface area contributed by atoms with Crippen LogP contribution in [-0.2, 0) is 6.61 Å². The number of imidazole rings is 1. The number of hydrogen-bond acceptors (Lipinski definition) is 5. The molecule has 0 aliphatic carbocycles. The van der Waals surface area contributed by atoms with Gasteiger partial charge in [0.15, 0.2) is 11.6 Å². The van der Waals surface area contributed by atoms with Gasteiger partial charge in [-0.1, -0.05) is 0 Å². The number of aliphatic hydroxyl groups excluding tert-OH is 1. The van der Waals surface area contributed by atoms with E-state index in [2.05, 4.69) is 15.0 Å². The summed E-state index contributed by atoms with van der Waals surface area (Å²) in [6.07, 6.45) is -0.554. The molecule has 1 aliphatic rings. The Labute approximate surface area is 178 Å². The molecule has 9 nitrogen and oxygen atoms in total. The topological polar surface area (TPSA) is 112 Å². The number of hydrogen-bond donors (Lipinski definition) is 3. The van der Waals surface area contributed by atoms with Crippen molar-refractivity contribution in [2.75, 3.05) is 19.6 Å². The Bertz CT molecular complexity index is 1290. The third-order valence-electron chi connectivity index (χ3n) is 5.53. The number of aliphatic hydroxyl groups is 1. The molecule has 4 aromatic heterocycles. The van der Waals surface area contributed by atoms with E-state index in [0.717, 1.165) is 10.9 Å². The second-order valence-corrected chi connectivity index (χ2v) is 7.62. The van der Waals surface area contributed by atoms with Gasteiger partial charge in [0.1, 0.15) is 30.1 Å². The smallest absolute Gasteiger partial charge is 0.405 e. The molecule has 0 radical (unpaired) electrons. The number of pyridine rings is 1. The normalized spacial score (nSPS) is 17.0. The highest BCUT2D eigenvalue weighted by atomic mass is 19.4. The Morgan fingerprint density at radius 3 is 2.94 bits per heavy atom. The van der Waals surface area contributed by atoms with Crippen LogP contribution in [0.15, 0.2) is 35.0 Å². The number of aromatic amines is 1. The van der Waals surface area contributed by atoms with Crippen molar-refractivity contribution < 1.29 is 27.5 Å². The van der Waals surface area contributed by atoms with Gasteiger partial charge in [0.2, 0.25) is 0 Å². The minimum Gasteiger partial charge on any atom is -0.455 e. The van der Waals surface area contributed by atoms with E-state index in [-0.39, 0.29) is 19.2 Å². The van der Waals surface area contributed by atoms with Gasteiger partial charge in [-0.05, 0) is 24.6 Å². The van der Waals surface area contributed by atoms with Crippen LogP contribution in [0.5, 0.6) is 0 Å². The van der Waals surface area contributed by atoms with Crippen LogP contribution in [0.4, 0.5) is 18.0 Å². The first-order valence-electron chi connectivity index (χ1n) is 9.97. The average molecular weight is 448 g/mol. The Morgan fingerprint density at radius 2 is 2.19 bits per heavy atom. The number of rotatable bonds is 4. The summed E-state index contributed by atoms with van der Waals surface area (Å²) in [6.45, 7) is -1.13. The summed E-state index contributed by atoms with van der Waals surface area (Å²) in [7, 11) is 0. The fraction of sp³-hybridized carbons (Fsp3) is 0.350. The average Bonchev–Trinajstić information content (AvgIpc) is 3.54. The molecule has 1 saturated heterocycles. The van der Waals surface area contributed by atoms with E-state index >= 15 is 0 Å². The quantitative estimate of drug-likeness (QED) is 0.444. The van der Waals surface area contributed by atoms with Crippen molar-refractivity contribution in [3.05, 3.63) is 36.4 Å². The van der Waals surface area contributed by atoms with Crippen LogP contribution in [0.25, 0.3) is 33.7 Å². The van der Waals surface area contributed by atoms with Crippen molar-refractivity contribution in [1.29, 1.82) is 0 Å². The van der Waals surface area contributed by atoms with E-state index in [1.807, 2.05) is 16.0 Å². The van der Waals surface area contributed by atoms with Crippen molar-refractivity contribution in [3.8, 4) is 11.6 Å². The predicted molar refractivity (Wildman–Crippen MR) is 108 cm³/mol. The van der Waals surface area contributed by atoms with Gasteiger partial charge < -0.3 is 29.3 Å². The zero-order valence-electron chi connectivity index (χ0n) is 16.7. The maximum absolute atomic E-state index is 12.5. The zero-order valence-corrected chi connectivity index (χ0v) is 16.7. The summed E-state index contributed by atoms with van der Waals surface area (Å²) in [4.78, 5) is 25.8. The van der Waals surface area contributed by atoms with Crippen molar-refractivity contribution >= 4 is 28.1 Å². The van der Waals surface area contributed by atoms with E-state index in [4.69, 9.17) is 4.42 Å². The predicted octanol–water partition coefficient (Wildman–Crippen LogP) is 3.18. The summed E-state index contributed by atoms with van der Waals surface area (Å²) in [5, 5.41) is 12.1. The Morgan fingerprint density at radius 1 is 1.34 bits per heavy atom. The fourth-order valence-electron chi connectivity index (χ4n) is 4.13. The summed E-state index contributed by atoms with van der Waals surface area (Å²) >= 11 is 0. The number of urea groups is 1. The summed E-state index contributed by atoms with van der Waals surface area (Å²) in [5.74, 6) is 1.31. The van der Waals surface area contributed by atoms with Gasteiger partial charge in [0, 0.05) is 24.7 Å². The van der Waals surface area contributed by atoms with Gasteiger partial charge in [-0.25, -0.2) is 14.8 Å². The first kappa shape index (κ1) is 20.4. The SMILES string of the molecule is O=C(NCC(F)(F)F)N1CC[C@@H](n2c(-c3ccc(CO)o3)nc3cnc4[nH]ccc4c32)C1. The number of fused-ring (bicyclic) bond motifs is 3. The van der Waals surface area contributed by atoms with Crippen LogP contribution < -0.4 is 5.32 Å². The third-order valence-corrected chi connectivity index (χ3v) is 5.53. The fourth-order valence-corrected chi connectivity index (χ4v) is 4.13. The van der Waals surface area contributed by atoms with Gasteiger partial charge in [-0.3, -0.25) is 0 Å². The summed E-state index contributed by atoms with van der Waals surface area (Å²) in [5.41, 5.74) is 2.07. The zero-order chi connectivity index (χ0) is 22.5. The van der Waals surface area contributed by atoms with Crippen molar-refractivity contribution in [3.63, 3.8) is 0 Å². The van der Waals surface area contributed by atoms with Crippen LogP contribution >= 0.6 is 0 Å². The van der Waals surface area contributed by atoms with E-state index in [1.165, 1.54) is 4.90 Å². The molecule has 168 valence electrons. The molecule has 1 aliphatic heterocycles. The third kappa shape index (κ3) is 3.55. The van der Waals surface area contributed by atoms with E-state index in [9.17, 15) is 23.1 Å². The molecule has 4 aromatic rings. The van der Waals surface area contributed by atoms with E-state index < -0.39 is 18.8 Å². The highest BCUT2D eigenvalue weighted by Crippen LogP contribution is 2.36. The monoisotopic (exact) mass is 448 g/mol. The Hall–Kier alpha value is -3.54. The summed E-state index contributed by atoms with van der Waals surface area (Å²) < 4.78 is 45.1. The molecule has 0 aromatic carbocycles. The van der Waals surface area contributed by atoms with Gasteiger partial charge >= 0.3 is 12.2 Å². The maximum atomic E-state index is 12.5. The molecule has 0 spiro atoms. The number of nitrogens with one attached hydrogen (secondary N) is 2. The highest BCUT2D eigenvalue weighted by Gasteiger charge is 2.34.